The SMILES string of the molecule is CCc1cc(C#N)ccc1-c1ccc(CCCF)cc1. The largest absolute Gasteiger partial charge is 0.251 e. The monoisotopic (exact) mass is 267 g/mol. The number of nitrogens with zero attached hydrogens (tertiary/aromatic N) is 1. The van der Waals surface area contributed by atoms with Crippen molar-refractivity contribution in [3.05, 3.63) is 59.2 Å². The van der Waals surface area contributed by atoms with Crippen molar-refractivity contribution in [2.45, 2.75) is 26.2 Å². The molecule has 0 aromatic heterocycles. The standard InChI is InChI=1S/C18H18FN/c1-2-16-12-15(13-20)7-10-18(16)17-8-5-14(6-9-17)4-3-11-19/h5-10,12H,2-4,11H2,1H3. The highest BCUT2D eigenvalue weighted by molar-refractivity contribution is 5.68. The fourth-order valence-corrected chi connectivity index (χ4v) is 2.36. The Hall–Kier alpha value is -2.14. The number of rotatable bonds is 5. The van der Waals surface area contributed by atoms with Crippen molar-refractivity contribution in [2.24, 2.45) is 0 Å². The first-order valence-electron chi connectivity index (χ1n) is 6.96. The van der Waals surface area contributed by atoms with E-state index in [9.17, 15) is 4.39 Å². The quantitative estimate of drug-likeness (QED) is 0.771. The van der Waals surface area contributed by atoms with Gasteiger partial charge in [0, 0.05) is 0 Å². The highest BCUT2D eigenvalue weighted by Crippen LogP contribution is 2.26. The third kappa shape index (κ3) is 3.24. The predicted octanol–water partition coefficient (Wildman–Crippen LogP) is 4.69. The Balaban J connectivity index is 2.29. The second-order valence-electron chi connectivity index (χ2n) is 4.83. The van der Waals surface area contributed by atoms with E-state index in [-0.39, 0.29) is 6.67 Å². The summed E-state index contributed by atoms with van der Waals surface area (Å²) < 4.78 is 12.2. The number of halogens is 1. The summed E-state index contributed by atoms with van der Waals surface area (Å²) >= 11 is 0. The normalized spacial score (nSPS) is 10.2. The second kappa shape index (κ2) is 6.86. The smallest absolute Gasteiger partial charge is 0.0991 e. The van der Waals surface area contributed by atoms with E-state index < -0.39 is 0 Å². The van der Waals surface area contributed by atoms with Gasteiger partial charge in [-0.05, 0) is 53.6 Å². The predicted molar refractivity (Wildman–Crippen MR) is 80.3 cm³/mol. The molecule has 0 heterocycles. The maximum absolute atomic E-state index is 12.2. The number of benzene rings is 2. The van der Waals surface area contributed by atoms with Crippen LogP contribution in [0.1, 0.15) is 30.0 Å². The lowest BCUT2D eigenvalue weighted by Gasteiger charge is -2.09. The van der Waals surface area contributed by atoms with E-state index in [0.29, 0.717) is 12.0 Å². The van der Waals surface area contributed by atoms with Gasteiger partial charge < -0.3 is 0 Å². The third-order valence-corrected chi connectivity index (χ3v) is 3.48. The van der Waals surface area contributed by atoms with Crippen molar-refractivity contribution >= 4 is 0 Å². The van der Waals surface area contributed by atoms with Gasteiger partial charge in [0.05, 0.1) is 18.3 Å². The van der Waals surface area contributed by atoms with Crippen LogP contribution in [0.5, 0.6) is 0 Å². The number of hydrogen-bond donors (Lipinski definition) is 0. The van der Waals surface area contributed by atoms with Crippen LogP contribution >= 0.6 is 0 Å². The fraction of sp³-hybridized carbons (Fsp3) is 0.278. The van der Waals surface area contributed by atoms with Gasteiger partial charge in [0.2, 0.25) is 0 Å². The molecule has 0 radical (unpaired) electrons. The molecule has 0 fully saturated rings. The highest BCUT2D eigenvalue weighted by Gasteiger charge is 2.05. The molecule has 0 saturated heterocycles. The first-order valence-corrected chi connectivity index (χ1v) is 6.96. The molecule has 0 aliphatic heterocycles. The van der Waals surface area contributed by atoms with E-state index >= 15 is 0 Å². The van der Waals surface area contributed by atoms with Crippen LogP contribution in [0.4, 0.5) is 4.39 Å². The van der Waals surface area contributed by atoms with Gasteiger partial charge in [0.15, 0.2) is 0 Å². The van der Waals surface area contributed by atoms with Crippen LogP contribution in [0.15, 0.2) is 42.5 Å². The van der Waals surface area contributed by atoms with Gasteiger partial charge in [-0.1, -0.05) is 37.3 Å². The highest BCUT2D eigenvalue weighted by atomic mass is 19.1. The summed E-state index contributed by atoms with van der Waals surface area (Å²) in [6.07, 6.45) is 2.26. The molecule has 2 heteroatoms. The zero-order valence-electron chi connectivity index (χ0n) is 11.7. The zero-order valence-corrected chi connectivity index (χ0v) is 11.7. The minimum Gasteiger partial charge on any atom is -0.251 e. The number of hydrogen-bond acceptors (Lipinski definition) is 1. The molecule has 2 rings (SSSR count). The molecule has 20 heavy (non-hydrogen) atoms. The molecule has 0 spiro atoms. The molecule has 0 amide bonds. The minimum atomic E-state index is -0.267. The van der Waals surface area contributed by atoms with E-state index in [0.717, 1.165) is 24.0 Å². The molecule has 0 unspecified atom stereocenters. The van der Waals surface area contributed by atoms with E-state index in [1.807, 2.05) is 18.2 Å². The molecule has 2 aromatic rings. The maximum Gasteiger partial charge on any atom is 0.0991 e. The summed E-state index contributed by atoms with van der Waals surface area (Å²) in [5, 5.41) is 8.96. The van der Waals surface area contributed by atoms with Gasteiger partial charge >= 0.3 is 0 Å². The number of alkyl halides is 1. The molecule has 102 valence electrons. The van der Waals surface area contributed by atoms with Crippen molar-refractivity contribution in [1.82, 2.24) is 0 Å². The summed E-state index contributed by atoms with van der Waals surface area (Å²) in [5.41, 5.74) is 5.36. The number of nitriles is 1. The third-order valence-electron chi connectivity index (χ3n) is 3.48. The summed E-state index contributed by atoms with van der Waals surface area (Å²) in [4.78, 5) is 0. The Morgan fingerprint density at radius 1 is 1.10 bits per heavy atom. The average Bonchev–Trinajstić information content (AvgIpc) is 2.52. The molecular formula is C18H18FN. The van der Waals surface area contributed by atoms with Gasteiger partial charge in [-0.25, -0.2) is 0 Å². The Kier molecular flexibility index (Phi) is 4.90. The van der Waals surface area contributed by atoms with Crippen LogP contribution < -0.4 is 0 Å². The minimum absolute atomic E-state index is 0.267. The van der Waals surface area contributed by atoms with E-state index in [1.165, 1.54) is 11.1 Å². The molecule has 0 aliphatic carbocycles. The molecule has 0 saturated carbocycles. The second-order valence-corrected chi connectivity index (χ2v) is 4.83. The molecule has 1 nitrogen and oxygen atoms in total. The summed E-state index contributed by atoms with van der Waals surface area (Å²) in [7, 11) is 0. The summed E-state index contributed by atoms with van der Waals surface area (Å²) in [6.45, 7) is 1.83. The van der Waals surface area contributed by atoms with Gasteiger partial charge in [-0.2, -0.15) is 5.26 Å². The first kappa shape index (κ1) is 14.3. The van der Waals surface area contributed by atoms with Crippen molar-refractivity contribution in [3.8, 4) is 17.2 Å². The Morgan fingerprint density at radius 2 is 1.85 bits per heavy atom. The Morgan fingerprint density at radius 3 is 2.45 bits per heavy atom. The van der Waals surface area contributed by atoms with Gasteiger partial charge in [0.25, 0.3) is 0 Å². The zero-order chi connectivity index (χ0) is 14.4. The van der Waals surface area contributed by atoms with Crippen molar-refractivity contribution < 1.29 is 4.39 Å². The van der Waals surface area contributed by atoms with Crippen LogP contribution in [0.3, 0.4) is 0 Å². The van der Waals surface area contributed by atoms with E-state index in [2.05, 4.69) is 37.3 Å². The molecule has 0 atom stereocenters. The molecule has 0 aliphatic rings. The van der Waals surface area contributed by atoms with Crippen LogP contribution in [-0.4, -0.2) is 6.67 Å². The van der Waals surface area contributed by atoms with Crippen LogP contribution in [0, 0.1) is 11.3 Å². The molecular weight excluding hydrogens is 249 g/mol. The van der Waals surface area contributed by atoms with Crippen LogP contribution in [0.2, 0.25) is 0 Å². The maximum atomic E-state index is 12.2. The van der Waals surface area contributed by atoms with Gasteiger partial charge in [-0.15, -0.1) is 0 Å². The fourth-order valence-electron chi connectivity index (χ4n) is 2.36. The van der Waals surface area contributed by atoms with Crippen molar-refractivity contribution in [1.29, 1.82) is 5.26 Å². The molecule has 0 N–H and O–H groups in total. The lowest BCUT2D eigenvalue weighted by molar-refractivity contribution is 0.473. The Bertz CT molecular complexity index is 608. The molecule has 2 aromatic carbocycles. The lowest BCUT2D eigenvalue weighted by atomic mass is 9.95. The van der Waals surface area contributed by atoms with Gasteiger partial charge in [-0.3, -0.25) is 4.39 Å². The first-order chi connectivity index (χ1) is 9.78. The van der Waals surface area contributed by atoms with Crippen LogP contribution in [0.25, 0.3) is 11.1 Å². The van der Waals surface area contributed by atoms with E-state index in [4.69, 9.17) is 5.26 Å². The Labute approximate surface area is 119 Å². The summed E-state index contributed by atoms with van der Waals surface area (Å²) in [6, 6.07) is 16.3. The van der Waals surface area contributed by atoms with Crippen molar-refractivity contribution in [3.63, 3.8) is 0 Å². The van der Waals surface area contributed by atoms with Crippen LogP contribution in [-0.2, 0) is 12.8 Å². The molecule has 0 bridgehead atoms. The van der Waals surface area contributed by atoms with E-state index in [1.54, 1.807) is 0 Å². The lowest BCUT2D eigenvalue weighted by Crippen LogP contribution is -1.91. The number of aryl methyl sites for hydroxylation is 2. The average molecular weight is 267 g/mol. The van der Waals surface area contributed by atoms with Gasteiger partial charge in [0.1, 0.15) is 0 Å². The summed E-state index contributed by atoms with van der Waals surface area (Å²) in [5.74, 6) is 0. The van der Waals surface area contributed by atoms with Crippen molar-refractivity contribution in [2.75, 3.05) is 6.67 Å². The topological polar surface area (TPSA) is 23.8 Å².